The summed E-state index contributed by atoms with van der Waals surface area (Å²) >= 11 is 7.99. The van der Waals surface area contributed by atoms with Gasteiger partial charge in [0.25, 0.3) is 11.8 Å². The summed E-state index contributed by atoms with van der Waals surface area (Å²) in [7, 11) is 0. The molecule has 0 saturated carbocycles. The number of aromatic hydroxyl groups is 2. The van der Waals surface area contributed by atoms with Crippen LogP contribution in [-0.4, -0.2) is 144 Å². The summed E-state index contributed by atoms with van der Waals surface area (Å²) in [6.07, 6.45) is -2.06. The maximum Gasteiger partial charge on any atom is 0.323 e. The molecular formula is C31H38N6O17S2. The number of phenolic OH excluding ortho intramolecular Hbond substituents is 2. The number of aliphatic carboxylic acids is 4. The largest absolute Gasteiger partial charge is 0.507 e. The first kappa shape index (κ1) is 46.2. The fourth-order valence-corrected chi connectivity index (χ4v) is 5.64. The number of anilines is 2. The number of fused-ring (bicyclic) bond motifs is 1. The molecular weight excluding hydrogens is 792 g/mol. The topological polar surface area (TPSA) is 395 Å². The number of hydrogen-bond donors (Lipinski definition) is 13. The van der Waals surface area contributed by atoms with Crippen LogP contribution < -0.4 is 31.9 Å². The molecule has 1 aromatic carbocycles. The van der Waals surface area contributed by atoms with E-state index in [1.807, 2.05) is 0 Å². The van der Waals surface area contributed by atoms with Crippen LogP contribution >= 0.6 is 25.3 Å². The van der Waals surface area contributed by atoms with Crippen molar-refractivity contribution in [2.24, 2.45) is 11.5 Å². The number of nitrogens with one attached hydrogen (secondary N) is 2. The summed E-state index contributed by atoms with van der Waals surface area (Å²) in [6, 6.07) is -6.75. The molecule has 56 heavy (non-hydrogen) atoms. The van der Waals surface area contributed by atoms with E-state index in [1.54, 1.807) is 0 Å². The lowest BCUT2D eigenvalue weighted by Gasteiger charge is -2.35. The predicted octanol–water partition coefficient (Wildman–Crippen LogP) is -2.80. The molecule has 4 atom stereocenters. The number of nitrogens with zero attached hydrogens (tertiary/aromatic N) is 2. The SMILES string of the molecule is CC1=C(O)c2c(O)c(N(CC(=O)O)C(=O)C(CS)NC(=O)CCC(N)C(=O)O)c(N(CC(=O)O)C(=O)C(CS)NC(=O)CCC(N)C(=O)O)c(O)c2C(=O)C1=O. The first-order valence-electron chi connectivity index (χ1n) is 16.0. The van der Waals surface area contributed by atoms with Crippen molar-refractivity contribution in [2.45, 2.75) is 56.8 Å². The number of amides is 4. The molecule has 0 bridgehead atoms. The van der Waals surface area contributed by atoms with E-state index in [4.69, 9.17) is 21.7 Å². The Morgan fingerprint density at radius 3 is 1.32 bits per heavy atom. The number of Topliss-reactive ketones (excluding diaryl/α,β-unsaturated/α-hetero) is 2. The summed E-state index contributed by atoms with van der Waals surface area (Å²) in [4.78, 5) is 126. The molecule has 1 aliphatic rings. The molecule has 4 amide bonds. The Bertz CT molecular complexity index is 1890. The minimum absolute atomic E-state index is 0.0842. The lowest BCUT2D eigenvalue weighted by atomic mass is 9.86. The van der Waals surface area contributed by atoms with Gasteiger partial charge >= 0.3 is 23.9 Å². The molecule has 0 aromatic heterocycles. The van der Waals surface area contributed by atoms with Crippen LogP contribution in [0.2, 0.25) is 0 Å². The van der Waals surface area contributed by atoms with E-state index in [2.05, 4.69) is 35.9 Å². The standard InChI is InChI=1S/C31H38N6O17S2/c1-10-23(44)19-20(27(48)24(10)45)26(47)22(37(7-18(42)43)29(50)14(9-56)35-16(39)5-3-12(33)31(53)54)21(25(19)46)36(6-17(40)41)28(49)13(8-55)34-15(38)4-2-11(32)30(51)52/h11-14,44,46-47,55-56H,2-9,32-33H2,1H3,(H,34,38)(H,35,39)(H,40,41)(H,42,43)(H,51,52)(H,53,54). The fourth-order valence-electron chi connectivity index (χ4n) is 5.14. The van der Waals surface area contributed by atoms with Gasteiger partial charge in [0.15, 0.2) is 11.5 Å². The van der Waals surface area contributed by atoms with E-state index in [-0.39, 0.29) is 9.80 Å². The van der Waals surface area contributed by atoms with Gasteiger partial charge in [0.05, 0.1) is 11.1 Å². The molecule has 1 aromatic rings. The van der Waals surface area contributed by atoms with E-state index >= 15 is 0 Å². The highest BCUT2D eigenvalue weighted by molar-refractivity contribution is 7.80. The second-order valence-corrected chi connectivity index (χ2v) is 12.7. The minimum atomic E-state index is -1.89. The molecule has 0 fully saturated rings. The first-order valence-corrected chi connectivity index (χ1v) is 17.2. The number of ketones is 2. The van der Waals surface area contributed by atoms with Crippen molar-refractivity contribution in [3.8, 4) is 11.5 Å². The monoisotopic (exact) mass is 830 g/mol. The number of carboxylic acids is 4. The van der Waals surface area contributed by atoms with Crippen molar-refractivity contribution >= 4 is 101 Å². The normalized spacial score (nSPS) is 14.4. The average Bonchev–Trinajstić information content (AvgIpc) is 3.13. The van der Waals surface area contributed by atoms with Crippen molar-refractivity contribution < 1.29 is 83.7 Å². The van der Waals surface area contributed by atoms with Crippen molar-refractivity contribution in [3.05, 3.63) is 16.7 Å². The molecule has 0 aliphatic heterocycles. The number of aliphatic hydroxyl groups excluding tert-OH is 1. The zero-order valence-corrected chi connectivity index (χ0v) is 30.9. The molecule has 0 saturated heterocycles. The molecule has 4 unspecified atom stereocenters. The molecule has 306 valence electrons. The summed E-state index contributed by atoms with van der Waals surface area (Å²) in [5.41, 5.74) is 5.25. The lowest BCUT2D eigenvalue weighted by Crippen LogP contribution is -2.53. The number of carboxylic acid groups (broad SMARTS) is 4. The van der Waals surface area contributed by atoms with E-state index in [0.29, 0.717) is 0 Å². The van der Waals surface area contributed by atoms with Crippen molar-refractivity contribution in [3.63, 3.8) is 0 Å². The van der Waals surface area contributed by atoms with Crippen LogP contribution in [0.3, 0.4) is 0 Å². The lowest BCUT2D eigenvalue weighted by molar-refractivity contribution is -0.140. The average molecular weight is 831 g/mol. The van der Waals surface area contributed by atoms with Crippen molar-refractivity contribution in [1.29, 1.82) is 0 Å². The number of rotatable bonds is 20. The Morgan fingerprint density at radius 1 is 0.643 bits per heavy atom. The van der Waals surface area contributed by atoms with Crippen molar-refractivity contribution in [2.75, 3.05) is 34.4 Å². The van der Waals surface area contributed by atoms with Gasteiger partial charge in [-0.1, -0.05) is 0 Å². The summed E-state index contributed by atoms with van der Waals surface area (Å²) in [6.45, 7) is -2.14. The quantitative estimate of drug-likeness (QED) is 0.0358. The van der Waals surface area contributed by atoms with Crippen LogP contribution in [0.4, 0.5) is 11.4 Å². The van der Waals surface area contributed by atoms with Crippen LogP contribution in [0.5, 0.6) is 11.5 Å². The number of thiol groups is 2. The maximum absolute atomic E-state index is 14.1. The zero-order valence-electron chi connectivity index (χ0n) is 29.1. The Balaban J connectivity index is 2.98. The van der Waals surface area contributed by atoms with Gasteiger partial charge in [0.1, 0.15) is 54.4 Å². The highest BCUT2D eigenvalue weighted by atomic mass is 32.1. The van der Waals surface area contributed by atoms with Gasteiger partial charge < -0.3 is 57.8 Å². The first-order chi connectivity index (χ1) is 26.0. The molecule has 0 radical (unpaired) electrons. The van der Waals surface area contributed by atoms with Gasteiger partial charge in [-0.2, -0.15) is 25.3 Å². The second kappa shape index (κ2) is 19.6. The van der Waals surface area contributed by atoms with Crippen LogP contribution in [0.15, 0.2) is 5.57 Å². The predicted molar refractivity (Wildman–Crippen MR) is 196 cm³/mol. The van der Waals surface area contributed by atoms with Gasteiger partial charge in [-0.15, -0.1) is 0 Å². The van der Waals surface area contributed by atoms with Gasteiger partial charge in [-0.05, 0) is 19.8 Å². The number of benzene rings is 1. The smallest absolute Gasteiger partial charge is 0.323 e. The van der Waals surface area contributed by atoms with Gasteiger partial charge in [-0.3, -0.25) is 57.7 Å². The number of carbonyl (C=O) groups excluding carboxylic acids is 6. The molecule has 0 spiro atoms. The molecule has 25 heteroatoms. The van der Waals surface area contributed by atoms with Gasteiger partial charge in [0, 0.05) is 29.9 Å². The van der Waals surface area contributed by atoms with Gasteiger partial charge in [-0.25, -0.2) is 0 Å². The van der Waals surface area contributed by atoms with Crippen LogP contribution in [0.25, 0.3) is 5.76 Å². The Labute approximate surface area is 326 Å². The van der Waals surface area contributed by atoms with Crippen molar-refractivity contribution in [1.82, 2.24) is 10.6 Å². The number of phenols is 2. The Hall–Kier alpha value is -5.92. The maximum atomic E-state index is 14.1. The molecule has 2 rings (SSSR count). The number of nitrogens with two attached hydrogens (primary N) is 2. The van der Waals surface area contributed by atoms with Crippen LogP contribution in [-0.2, 0) is 43.2 Å². The highest BCUT2D eigenvalue weighted by Gasteiger charge is 2.44. The summed E-state index contributed by atoms with van der Waals surface area (Å²) < 4.78 is 0. The molecule has 0 heterocycles. The zero-order chi connectivity index (χ0) is 42.9. The van der Waals surface area contributed by atoms with E-state index < -0.39 is 179 Å². The molecule has 13 N–H and O–H groups in total. The van der Waals surface area contributed by atoms with Crippen LogP contribution in [0.1, 0.15) is 48.5 Å². The van der Waals surface area contributed by atoms with Gasteiger partial charge in [0.2, 0.25) is 23.4 Å². The Kier molecular flexibility index (Phi) is 16.2. The summed E-state index contributed by atoms with van der Waals surface area (Å²) in [5.74, 6) is -20.3. The van der Waals surface area contributed by atoms with E-state index in [9.17, 15) is 73.5 Å². The number of aliphatic hydroxyl groups is 1. The third-order valence-electron chi connectivity index (χ3n) is 8.05. The van der Waals surface area contributed by atoms with Crippen LogP contribution in [0, 0.1) is 0 Å². The molecule has 1 aliphatic carbocycles. The fraction of sp³-hybridized carbons (Fsp3) is 0.419. The Morgan fingerprint density at radius 2 is 1.00 bits per heavy atom. The molecule has 23 nitrogen and oxygen atoms in total. The number of carbonyl (C=O) groups is 10. The van der Waals surface area contributed by atoms with E-state index in [1.165, 1.54) is 0 Å². The minimum Gasteiger partial charge on any atom is -0.507 e. The third-order valence-corrected chi connectivity index (χ3v) is 8.78. The number of allylic oxidation sites excluding steroid dienone is 1. The third kappa shape index (κ3) is 10.6. The summed E-state index contributed by atoms with van der Waals surface area (Å²) in [5, 5.41) is 76.4. The number of hydrogen-bond acceptors (Lipinski definition) is 17. The highest BCUT2D eigenvalue weighted by Crippen LogP contribution is 2.53. The van der Waals surface area contributed by atoms with E-state index in [0.717, 1.165) is 6.92 Å². The second-order valence-electron chi connectivity index (χ2n) is 12.0.